The Labute approximate surface area is 132 Å². The SMILES string of the molecule is O=C(C[C@@H]1C[C@@H]2CC[C@@H]1C2)NNC(=O)c1ccc(Br)cc1. The average molecular weight is 351 g/mol. The van der Waals surface area contributed by atoms with E-state index in [1.807, 2.05) is 0 Å². The quantitative estimate of drug-likeness (QED) is 0.823. The topological polar surface area (TPSA) is 58.2 Å². The molecule has 4 nitrogen and oxygen atoms in total. The molecule has 3 rings (SSSR count). The van der Waals surface area contributed by atoms with Crippen LogP contribution in [0.15, 0.2) is 28.7 Å². The predicted octanol–water partition coefficient (Wildman–Crippen LogP) is 3.04. The molecule has 1 aromatic rings. The van der Waals surface area contributed by atoms with Gasteiger partial charge in [-0.05, 0) is 61.3 Å². The van der Waals surface area contributed by atoms with Crippen molar-refractivity contribution in [2.24, 2.45) is 17.8 Å². The van der Waals surface area contributed by atoms with E-state index < -0.39 is 0 Å². The first-order valence-corrected chi connectivity index (χ1v) is 8.26. The molecular weight excluding hydrogens is 332 g/mol. The van der Waals surface area contributed by atoms with Crippen LogP contribution in [0.3, 0.4) is 0 Å². The van der Waals surface area contributed by atoms with E-state index in [4.69, 9.17) is 0 Å². The Balaban J connectivity index is 1.45. The maximum atomic E-state index is 11.9. The second-order valence-electron chi connectivity index (χ2n) is 6.15. The number of amides is 2. The van der Waals surface area contributed by atoms with Crippen LogP contribution in [0.25, 0.3) is 0 Å². The van der Waals surface area contributed by atoms with Crippen LogP contribution in [-0.2, 0) is 4.79 Å². The summed E-state index contributed by atoms with van der Waals surface area (Å²) >= 11 is 3.32. The zero-order valence-electron chi connectivity index (χ0n) is 11.8. The second kappa shape index (κ2) is 6.18. The molecule has 5 heteroatoms. The maximum Gasteiger partial charge on any atom is 0.269 e. The number of hydrazine groups is 1. The lowest BCUT2D eigenvalue weighted by molar-refractivity contribution is -0.123. The summed E-state index contributed by atoms with van der Waals surface area (Å²) in [4.78, 5) is 23.8. The van der Waals surface area contributed by atoms with Gasteiger partial charge in [-0.2, -0.15) is 0 Å². The average Bonchev–Trinajstić information content (AvgIpc) is 3.08. The summed E-state index contributed by atoms with van der Waals surface area (Å²) in [6.07, 6.45) is 5.61. The Bertz CT molecular complexity index is 544. The number of hydrogen-bond donors (Lipinski definition) is 2. The highest BCUT2D eigenvalue weighted by Crippen LogP contribution is 2.49. The Morgan fingerprint density at radius 2 is 1.86 bits per heavy atom. The van der Waals surface area contributed by atoms with E-state index in [1.165, 1.54) is 25.7 Å². The molecule has 0 spiro atoms. The summed E-state index contributed by atoms with van der Waals surface area (Å²) in [6.45, 7) is 0. The zero-order valence-corrected chi connectivity index (χ0v) is 13.4. The molecule has 2 amide bonds. The molecule has 2 aliphatic carbocycles. The first-order valence-electron chi connectivity index (χ1n) is 7.46. The fourth-order valence-corrected chi connectivity index (χ4v) is 3.98. The van der Waals surface area contributed by atoms with Gasteiger partial charge in [-0.25, -0.2) is 0 Å². The van der Waals surface area contributed by atoms with Crippen molar-refractivity contribution in [2.75, 3.05) is 0 Å². The molecular formula is C16H19BrN2O2. The normalized spacial score (nSPS) is 26.6. The van der Waals surface area contributed by atoms with Crippen LogP contribution in [0.5, 0.6) is 0 Å². The molecule has 1 aromatic carbocycles. The molecule has 2 aliphatic rings. The molecule has 2 saturated carbocycles. The summed E-state index contributed by atoms with van der Waals surface area (Å²) in [5.41, 5.74) is 5.54. The monoisotopic (exact) mass is 350 g/mol. The number of hydrogen-bond acceptors (Lipinski definition) is 2. The summed E-state index contributed by atoms with van der Waals surface area (Å²) in [6, 6.07) is 7.01. The molecule has 0 heterocycles. The summed E-state index contributed by atoms with van der Waals surface area (Å²) in [5, 5.41) is 0. The van der Waals surface area contributed by atoms with Gasteiger partial charge in [-0.15, -0.1) is 0 Å². The molecule has 0 aliphatic heterocycles. The molecule has 2 bridgehead atoms. The largest absolute Gasteiger partial charge is 0.273 e. The Hall–Kier alpha value is -1.36. The number of carbonyl (C=O) groups is 2. The van der Waals surface area contributed by atoms with Crippen LogP contribution in [0.1, 0.15) is 42.5 Å². The molecule has 0 aromatic heterocycles. The third-order valence-corrected chi connectivity index (χ3v) is 5.28. The number of nitrogens with one attached hydrogen (secondary N) is 2. The molecule has 21 heavy (non-hydrogen) atoms. The van der Waals surface area contributed by atoms with Crippen LogP contribution in [-0.4, -0.2) is 11.8 Å². The van der Waals surface area contributed by atoms with Gasteiger partial charge in [-0.1, -0.05) is 22.4 Å². The summed E-state index contributed by atoms with van der Waals surface area (Å²) < 4.78 is 0.916. The van der Waals surface area contributed by atoms with Gasteiger partial charge >= 0.3 is 0 Å². The van der Waals surface area contributed by atoms with Gasteiger partial charge in [0, 0.05) is 16.5 Å². The molecule has 3 atom stereocenters. The van der Waals surface area contributed by atoms with Crippen LogP contribution in [0, 0.1) is 17.8 Å². The number of carbonyl (C=O) groups excluding carboxylic acids is 2. The van der Waals surface area contributed by atoms with Gasteiger partial charge in [-0.3, -0.25) is 20.4 Å². The minimum absolute atomic E-state index is 0.0852. The highest BCUT2D eigenvalue weighted by Gasteiger charge is 2.40. The molecule has 0 saturated heterocycles. The fourth-order valence-electron chi connectivity index (χ4n) is 3.72. The van der Waals surface area contributed by atoms with E-state index >= 15 is 0 Å². The van der Waals surface area contributed by atoms with Crippen molar-refractivity contribution in [1.29, 1.82) is 0 Å². The fraction of sp³-hybridized carbons (Fsp3) is 0.500. The van der Waals surface area contributed by atoms with Gasteiger partial charge in [0.05, 0.1) is 0 Å². The third kappa shape index (κ3) is 3.46. The lowest BCUT2D eigenvalue weighted by Crippen LogP contribution is -2.42. The van der Waals surface area contributed by atoms with Gasteiger partial charge in [0.2, 0.25) is 5.91 Å². The van der Waals surface area contributed by atoms with Crippen molar-refractivity contribution in [3.8, 4) is 0 Å². The maximum absolute atomic E-state index is 11.9. The van der Waals surface area contributed by atoms with E-state index in [9.17, 15) is 9.59 Å². The third-order valence-electron chi connectivity index (χ3n) is 4.75. The molecule has 112 valence electrons. The van der Waals surface area contributed by atoms with Crippen molar-refractivity contribution in [2.45, 2.75) is 32.1 Å². The molecule has 2 fully saturated rings. The van der Waals surface area contributed by atoms with E-state index in [0.717, 1.165) is 16.3 Å². The lowest BCUT2D eigenvalue weighted by Gasteiger charge is -2.20. The van der Waals surface area contributed by atoms with Gasteiger partial charge in [0.1, 0.15) is 0 Å². The van der Waals surface area contributed by atoms with E-state index in [0.29, 0.717) is 17.9 Å². The van der Waals surface area contributed by atoms with Gasteiger partial charge < -0.3 is 0 Å². The predicted molar refractivity (Wildman–Crippen MR) is 83.3 cm³/mol. The van der Waals surface area contributed by atoms with Crippen LogP contribution >= 0.6 is 15.9 Å². The van der Waals surface area contributed by atoms with E-state index in [1.54, 1.807) is 24.3 Å². The van der Waals surface area contributed by atoms with Crippen LogP contribution < -0.4 is 10.9 Å². The van der Waals surface area contributed by atoms with Crippen LogP contribution in [0.2, 0.25) is 0 Å². The Morgan fingerprint density at radius 1 is 1.10 bits per heavy atom. The summed E-state index contributed by atoms with van der Waals surface area (Å²) in [5.74, 6) is 1.70. The highest BCUT2D eigenvalue weighted by atomic mass is 79.9. The molecule has 0 unspecified atom stereocenters. The van der Waals surface area contributed by atoms with Crippen molar-refractivity contribution in [1.82, 2.24) is 10.9 Å². The second-order valence-corrected chi connectivity index (χ2v) is 7.06. The number of halogens is 1. The zero-order chi connectivity index (χ0) is 14.8. The number of benzene rings is 1. The van der Waals surface area contributed by atoms with Crippen molar-refractivity contribution in [3.63, 3.8) is 0 Å². The Kier molecular flexibility index (Phi) is 4.29. The lowest BCUT2D eigenvalue weighted by atomic mass is 9.86. The van der Waals surface area contributed by atoms with Crippen LogP contribution in [0.4, 0.5) is 0 Å². The summed E-state index contributed by atoms with van der Waals surface area (Å²) in [7, 11) is 0. The van der Waals surface area contributed by atoms with Gasteiger partial charge in [0.25, 0.3) is 5.91 Å². The molecule has 0 radical (unpaired) electrons. The van der Waals surface area contributed by atoms with Crippen molar-refractivity contribution >= 4 is 27.7 Å². The van der Waals surface area contributed by atoms with Gasteiger partial charge in [0.15, 0.2) is 0 Å². The highest BCUT2D eigenvalue weighted by molar-refractivity contribution is 9.10. The number of rotatable bonds is 3. The smallest absolute Gasteiger partial charge is 0.269 e. The number of fused-ring (bicyclic) bond motifs is 2. The standard InChI is InChI=1S/C16H19BrN2O2/c17-14-5-3-11(4-6-14)16(21)19-18-15(20)9-13-8-10-1-2-12(13)7-10/h3-6,10,12-13H,1-2,7-9H2,(H,18,20)(H,19,21)/t10-,12-,13+/m1/s1. The minimum atomic E-state index is -0.288. The minimum Gasteiger partial charge on any atom is -0.273 e. The Morgan fingerprint density at radius 3 is 2.48 bits per heavy atom. The van der Waals surface area contributed by atoms with E-state index in [-0.39, 0.29) is 11.8 Å². The molecule has 2 N–H and O–H groups in total. The first-order chi connectivity index (χ1) is 10.1. The first kappa shape index (κ1) is 14.6. The van der Waals surface area contributed by atoms with Crippen molar-refractivity contribution < 1.29 is 9.59 Å². The van der Waals surface area contributed by atoms with Crippen molar-refractivity contribution in [3.05, 3.63) is 34.3 Å². The van der Waals surface area contributed by atoms with E-state index in [2.05, 4.69) is 26.8 Å².